The number of ether oxygens (including phenoxy) is 1. The number of rotatable bonds is 10. The van der Waals surface area contributed by atoms with Crippen molar-refractivity contribution in [2.75, 3.05) is 6.61 Å². The quantitative estimate of drug-likeness (QED) is 0.305. The van der Waals surface area contributed by atoms with Gasteiger partial charge in [-0.3, -0.25) is 4.79 Å². The van der Waals surface area contributed by atoms with E-state index in [4.69, 9.17) is 9.84 Å². The van der Waals surface area contributed by atoms with Gasteiger partial charge in [0.05, 0.1) is 17.6 Å². The van der Waals surface area contributed by atoms with Gasteiger partial charge in [0.15, 0.2) is 0 Å². The third-order valence-corrected chi connectivity index (χ3v) is 5.54. The molecule has 0 saturated heterocycles. The van der Waals surface area contributed by atoms with E-state index in [2.05, 4.69) is 24.3 Å². The predicted molar refractivity (Wildman–Crippen MR) is 128 cm³/mol. The number of carboxylic acid groups (broad SMARTS) is 1. The molecule has 1 aromatic heterocycles. The van der Waals surface area contributed by atoms with Crippen molar-refractivity contribution in [1.29, 1.82) is 0 Å². The Bertz CT molecular complexity index is 1250. The zero-order chi connectivity index (χ0) is 23.8. The summed E-state index contributed by atoms with van der Waals surface area (Å²) in [5.74, 6) is -0.862. The SMILES string of the molecule is O=C([O-])COc1cccc(CCCn2nc(C(c3ccccc3)c3ccccc3)ccc2=O)c1.[Na+]. The van der Waals surface area contributed by atoms with Crippen molar-refractivity contribution < 1.29 is 44.2 Å². The van der Waals surface area contributed by atoms with Crippen LogP contribution in [0.15, 0.2) is 102 Å². The van der Waals surface area contributed by atoms with Crippen molar-refractivity contribution in [3.63, 3.8) is 0 Å². The first-order chi connectivity index (χ1) is 16.6. The summed E-state index contributed by atoms with van der Waals surface area (Å²) in [5, 5.41) is 15.3. The molecule has 3 aromatic carbocycles. The van der Waals surface area contributed by atoms with Crippen LogP contribution in [0.25, 0.3) is 0 Å². The number of hydrogen-bond acceptors (Lipinski definition) is 5. The van der Waals surface area contributed by atoms with Crippen LogP contribution in [0.5, 0.6) is 5.75 Å². The maximum Gasteiger partial charge on any atom is 1.00 e. The Morgan fingerprint density at radius 1 is 0.886 bits per heavy atom. The second kappa shape index (κ2) is 13.0. The van der Waals surface area contributed by atoms with E-state index in [0.29, 0.717) is 25.1 Å². The average Bonchev–Trinajstić information content (AvgIpc) is 2.86. The van der Waals surface area contributed by atoms with Crippen LogP contribution in [0.2, 0.25) is 0 Å². The Hall–Kier alpha value is -3.19. The molecule has 0 bridgehead atoms. The number of benzene rings is 3. The number of hydrogen-bond donors (Lipinski definition) is 0. The summed E-state index contributed by atoms with van der Waals surface area (Å²) in [6.07, 6.45) is 1.39. The summed E-state index contributed by atoms with van der Waals surface area (Å²) in [6.45, 7) is -0.0212. The van der Waals surface area contributed by atoms with Crippen LogP contribution in [-0.2, 0) is 17.8 Å². The maximum absolute atomic E-state index is 12.5. The van der Waals surface area contributed by atoms with Crippen LogP contribution >= 0.6 is 0 Å². The number of aryl methyl sites for hydroxylation is 2. The normalized spacial score (nSPS) is 10.5. The second-order valence-corrected chi connectivity index (χ2v) is 7.99. The Labute approximate surface area is 226 Å². The Morgan fingerprint density at radius 2 is 1.54 bits per heavy atom. The van der Waals surface area contributed by atoms with Crippen molar-refractivity contribution in [3.8, 4) is 5.75 Å². The fourth-order valence-electron chi connectivity index (χ4n) is 3.97. The van der Waals surface area contributed by atoms with Crippen molar-refractivity contribution in [2.45, 2.75) is 25.3 Å². The van der Waals surface area contributed by atoms with E-state index in [9.17, 15) is 14.7 Å². The van der Waals surface area contributed by atoms with Crippen molar-refractivity contribution >= 4 is 5.97 Å². The molecule has 0 spiro atoms. The van der Waals surface area contributed by atoms with Gasteiger partial charge in [-0.05, 0) is 47.7 Å². The summed E-state index contributed by atoms with van der Waals surface area (Å²) in [6, 6.07) is 30.9. The molecule has 0 amide bonds. The number of carboxylic acids is 1. The molecular weight excluding hydrogens is 451 g/mol. The monoisotopic (exact) mass is 476 g/mol. The molecular formula is C28H25N2NaO4. The molecule has 0 fully saturated rings. The molecule has 35 heavy (non-hydrogen) atoms. The molecule has 4 aromatic rings. The van der Waals surface area contributed by atoms with Crippen molar-refractivity contribution in [3.05, 3.63) is 130 Å². The molecule has 0 atom stereocenters. The van der Waals surface area contributed by atoms with Crippen molar-refractivity contribution in [2.24, 2.45) is 0 Å². The van der Waals surface area contributed by atoms with Crippen LogP contribution in [0.1, 0.15) is 34.7 Å². The van der Waals surface area contributed by atoms with E-state index < -0.39 is 12.6 Å². The van der Waals surface area contributed by atoms with Gasteiger partial charge in [0.2, 0.25) is 0 Å². The van der Waals surface area contributed by atoms with E-state index in [-0.39, 0.29) is 41.0 Å². The van der Waals surface area contributed by atoms with Gasteiger partial charge in [0.1, 0.15) is 12.4 Å². The van der Waals surface area contributed by atoms with Gasteiger partial charge in [-0.15, -0.1) is 0 Å². The molecule has 1 heterocycles. The van der Waals surface area contributed by atoms with Crippen LogP contribution in [0.3, 0.4) is 0 Å². The minimum Gasteiger partial charge on any atom is -0.546 e. The molecule has 6 nitrogen and oxygen atoms in total. The average molecular weight is 477 g/mol. The molecule has 0 radical (unpaired) electrons. The Morgan fingerprint density at radius 3 is 2.17 bits per heavy atom. The minimum atomic E-state index is -1.26. The third-order valence-electron chi connectivity index (χ3n) is 5.54. The van der Waals surface area contributed by atoms with Gasteiger partial charge in [-0.25, -0.2) is 4.68 Å². The molecule has 0 unspecified atom stereocenters. The van der Waals surface area contributed by atoms with Crippen LogP contribution in [0, 0.1) is 0 Å². The van der Waals surface area contributed by atoms with Gasteiger partial charge >= 0.3 is 29.6 Å². The maximum atomic E-state index is 12.5. The predicted octanol–water partition coefficient (Wildman–Crippen LogP) is 0.189. The van der Waals surface area contributed by atoms with E-state index in [1.807, 2.05) is 54.6 Å². The molecule has 172 valence electrons. The van der Waals surface area contributed by atoms with E-state index >= 15 is 0 Å². The Kier molecular flexibility index (Phi) is 9.85. The fraction of sp³-hybridized carbons (Fsp3) is 0.179. The largest absolute Gasteiger partial charge is 1.00 e. The van der Waals surface area contributed by atoms with Gasteiger partial charge in [-0.2, -0.15) is 5.10 Å². The zero-order valence-electron chi connectivity index (χ0n) is 19.7. The molecule has 0 N–H and O–H groups in total. The second-order valence-electron chi connectivity index (χ2n) is 7.99. The summed E-state index contributed by atoms with van der Waals surface area (Å²) in [4.78, 5) is 23.1. The number of carbonyl (C=O) groups excluding carboxylic acids is 1. The summed E-state index contributed by atoms with van der Waals surface area (Å²) >= 11 is 0. The van der Waals surface area contributed by atoms with Crippen LogP contribution < -0.4 is 45.0 Å². The number of carbonyl (C=O) groups is 1. The zero-order valence-corrected chi connectivity index (χ0v) is 21.7. The van der Waals surface area contributed by atoms with Gasteiger partial charge in [0, 0.05) is 12.6 Å². The first kappa shape index (κ1) is 26.4. The topological polar surface area (TPSA) is 84.2 Å². The van der Waals surface area contributed by atoms with Gasteiger partial charge in [-0.1, -0.05) is 72.8 Å². The molecule has 4 rings (SSSR count). The summed E-state index contributed by atoms with van der Waals surface area (Å²) in [7, 11) is 0. The smallest absolute Gasteiger partial charge is 0.546 e. The molecule has 0 aliphatic rings. The molecule has 0 saturated carbocycles. The van der Waals surface area contributed by atoms with Gasteiger partial charge in [0.25, 0.3) is 5.56 Å². The number of aliphatic carboxylic acids is 1. The summed E-state index contributed by atoms with van der Waals surface area (Å²) < 4.78 is 6.71. The third kappa shape index (κ3) is 7.39. The van der Waals surface area contributed by atoms with Crippen molar-refractivity contribution in [1.82, 2.24) is 9.78 Å². The van der Waals surface area contributed by atoms with E-state index in [0.717, 1.165) is 22.4 Å². The van der Waals surface area contributed by atoms with Gasteiger partial charge < -0.3 is 14.6 Å². The fourth-order valence-corrected chi connectivity index (χ4v) is 3.97. The summed E-state index contributed by atoms with van der Waals surface area (Å²) in [5.41, 5.74) is 3.88. The van der Waals surface area contributed by atoms with E-state index in [1.165, 1.54) is 4.68 Å². The molecule has 0 aliphatic carbocycles. The van der Waals surface area contributed by atoms with Crippen LogP contribution in [-0.4, -0.2) is 22.4 Å². The van der Waals surface area contributed by atoms with Crippen LogP contribution in [0.4, 0.5) is 0 Å². The first-order valence-corrected chi connectivity index (χ1v) is 11.2. The first-order valence-electron chi connectivity index (χ1n) is 11.2. The van der Waals surface area contributed by atoms with E-state index in [1.54, 1.807) is 18.2 Å². The molecule has 0 aliphatic heterocycles. The minimum absolute atomic E-state index is 0. The standard InChI is InChI=1S/C28H26N2O4.Na/c31-26-17-16-25(28(22-11-3-1-4-12-22)23-13-5-2-6-14-23)29-30(26)18-8-10-21-9-7-15-24(19-21)34-20-27(32)33;/h1-7,9,11-17,19,28H,8,10,18,20H2,(H,32,33);/q;+1/p-1. The molecule has 7 heteroatoms. The number of nitrogens with zero attached hydrogens (tertiary/aromatic N) is 2. The Balaban J connectivity index is 0.00000342. The number of aromatic nitrogens is 2.